The molecule has 3 unspecified atom stereocenters. The number of rotatable bonds is 6. The molecule has 1 aliphatic heterocycles. The minimum Gasteiger partial charge on any atom is -0.326 e. The van der Waals surface area contributed by atoms with Crippen molar-refractivity contribution in [2.24, 2.45) is 11.8 Å². The van der Waals surface area contributed by atoms with Gasteiger partial charge in [0.15, 0.2) is 0 Å². The Kier molecular flexibility index (Phi) is 6.95. The van der Waals surface area contributed by atoms with Crippen molar-refractivity contribution < 1.29 is 4.79 Å². The molecule has 3 aromatic rings. The van der Waals surface area contributed by atoms with Gasteiger partial charge in [-0.25, -0.2) is 4.98 Å². The normalized spacial score (nSPS) is 22.6. The molecule has 0 saturated carbocycles. The Balaban J connectivity index is 1.24. The van der Waals surface area contributed by atoms with Crippen LogP contribution in [0, 0.1) is 25.7 Å². The Bertz CT molecular complexity index is 1230. The molecular weight excluding hydrogens is 452 g/mol. The van der Waals surface area contributed by atoms with Gasteiger partial charge in [0, 0.05) is 42.5 Å². The second-order valence-electron chi connectivity index (χ2n) is 10.8. The van der Waals surface area contributed by atoms with Gasteiger partial charge in [-0.1, -0.05) is 26.0 Å². The van der Waals surface area contributed by atoms with E-state index in [4.69, 9.17) is 4.98 Å². The second kappa shape index (κ2) is 9.98. The van der Waals surface area contributed by atoms with Crippen molar-refractivity contribution in [2.45, 2.75) is 58.2 Å². The smallest absolute Gasteiger partial charge is 0.226 e. The van der Waals surface area contributed by atoms with E-state index < -0.39 is 0 Å². The highest BCUT2D eigenvalue weighted by Crippen LogP contribution is 2.36. The summed E-state index contributed by atoms with van der Waals surface area (Å²) in [5, 5.41) is 3.62. The molecule has 1 aliphatic carbocycles. The predicted octanol–water partition coefficient (Wildman–Crippen LogP) is 5.64. The summed E-state index contributed by atoms with van der Waals surface area (Å²) in [5.74, 6) is 1.87. The molecule has 1 fully saturated rings. The highest BCUT2D eigenvalue weighted by molar-refractivity contribution is 7.99. The Morgan fingerprint density at radius 1 is 1.14 bits per heavy atom. The zero-order chi connectivity index (χ0) is 24.7. The molecule has 2 aliphatic rings. The first-order chi connectivity index (χ1) is 16.8. The molecule has 6 heteroatoms. The molecule has 2 heterocycles. The number of hydrogen-bond acceptors (Lipinski definition) is 4. The molecule has 0 bridgehead atoms. The number of hydrogen-bond donors (Lipinski definition) is 1. The summed E-state index contributed by atoms with van der Waals surface area (Å²) in [6, 6.07) is 13.6. The number of nitrogens with zero attached hydrogens (tertiary/aromatic N) is 3. The molecule has 5 nitrogen and oxygen atoms in total. The van der Waals surface area contributed by atoms with Crippen LogP contribution in [0.25, 0.3) is 11.0 Å². The molecule has 0 spiro atoms. The van der Waals surface area contributed by atoms with E-state index in [-0.39, 0.29) is 11.8 Å². The average molecular weight is 491 g/mol. The third kappa shape index (κ3) is 5.01. The van der Waals surface area contributed by atoms with Crippen molar-refractivity contribution >= 4 is 34.4 Å². The number of nitrogens with one attached hydrogen (secondary N) is 1. The third-order valence-electron chi connectivity index (χ3n) is 7.80. The largest absolute Gasteiger partial charge is 0.326 e. The maximum Gasteiger partial charge on any atom is 0.226 e. The summed E-state index contributed by atoms with van der Waals surface area (Å²) >= 11 is 2.00. The minimum atomic E-state index is -0.00322. The predicted molar refractivity (Wildman–Crippen MR) is 147 cm³/mol. The lowest BCUT2D eigenvalue weighted by molar-refractivity contribution is -0.118. The van der Waals surface area contributed by atoms with Gasteiger partial charge in [-0.2, -0.15) is 11.8 Å². The molecule has 1 aromatic heterocycles. The van der Waals surface area contributed by atoms with Crippen LogP contribution in [0.4, 0.5) is 5.69 Å². The number of carbonyl (C=O) groups excluding carboxylic acids is 1. The van der Waals surface area contributed by atoms with Crippen LogP contribution in [0.2, 0.25) is 0 Å². The maximum absolute atomic E-state index is 12.1. The van der Waals surface area contributed by atoms with Crippen LogP contribution in [0.1, 0.15) is 48.8 Å². The van der Waals surface area contributed by atoms with Gasteiger partial charge in [0.2, 0.25) is 5.91 Å². The zero-order valence-corrected chi connectivity index (χ0v) is 22.5. The van der Waals surface area contributed by atoms with Gasteiger partial charge in [-0.15, -0.1) is 0 Å². The van der Waals surface area contributed by atoms with E-state index in [0.717, 1.165) is 55.9 Å². The summed E-state index contributed by atoms with van der Waals surface area (Å²) in [5.41, 5.74) is 7.46. The Labute approximate surface area is 213 Å². The minimum absolute atomic E-state index is 0.00322. The number of benzene rings is 2. The number of carbonyl (C=O) groups is 1. The van der Waals surface area contributed by atoms with Crippen molar-refractivity contribution in [3.8, 4) is 0 Å². The molecule has 35 heavy (non-hydrogen) atoms. The lowest BCUT2D eigenvalue weighted by Crippen LogP contribution is -2.45. The van der Waals surface area contributed by atoms with E-state index in [0.29, 0.717) is 17.2 Å². The first-order valence-corrected chi connectivity index (χ1v) is 14.2. The molecule has 1 saturated heterocycles. The van der Waals surface area contributed by atoms with Crippen LogP contribution in [-0.4, -0.2) is 51.5 Å². The van der Waals surface area contributed by atoms with Crippen LogP contribution in [0.3, 0.4) is 0 Å². The molecule has 2 aromatic carbocycles. The van der Waals surface area contributed by atoms with Crippen LogP contribution in [-0.2, 0) is 17.6 Å². The number of imidazole rings is 1. The van der Waals surface area contributed by atoms with E-state index in [1.165, 1.54) is 22.2 Å². The number of piperidine rings is 1. The molecule has 1 N–H and O–H groups in total. The van der Waals surface area contributed by atoms with Crippen LogP contribution >= 0.6 is 11.8 Å². The Morgan fingerprint density at radius 2 is 1.94 bits per heavy atom. The van der Waals surface area contributed by atoms with E-state index in [2.05, 4.69) is 71.3 Å². The summed E-state index contributed by atoms with van der Waals surface area (Å²) in [6.07, 6.45) is 5.67. The van der Waals surface area contributed by atoms with Gasteiger partial charge in [-0.3, -0.25) is 4.79 Å². The first-order valence-electron chi connectivity index (χ1n) is 13.0. The van der Waals surface area contributed by atoms with Crippen molar-refractivity contribution in [3.05, 3.63) is 58.9 Å². The number of anilines is 1. The van der Waals surface area contributed by atoms with Crippen molar-refractivity contribution in [1.29, 1.82) is 0 Å². The average Bonchev–Trinajstić information content (AvgIpc) is 3.37. The summed E-state index contributed by atoms with van der Waals surface area (Å²) in [6.45, 7) is 11.6. The van der Waals surface area contributed by atoms with Crippen molar-refractivity contribution in [1.82, 2.24) is 14.5 Å². The van der Waals surface area contributed by atoms with Gasteiger partial charge in [-0.05, 0) is 86.2 Å². The molecule has 5 rings (SSSR count). The number of aryl methyl sites for hydroxylation is 2. The van der Waals surface area contributed by atoms with Gasteiger partial charge >= 0.3 is 0 Å². The van der Waals surface area contributed by atoms with Gasteiger partial charge in [0.25, 0.3) is 0 Å². The fourth-order valence-electron chi connectivity index (χ4n) is 5.98. The van der Waals surface area contributed by atoms with E-state index in [1.807, 2.05) is 25.6 Å². The van der Waals surface area contributed by atoms with E-state index in [1.54, 1.807) is 0 Å². The van der Waals surface area contributed by atoms with Gasteiger partial charge in [0.05, 0.1) is 11.0 Å². The molecule has 3 atom stereocenters. The number of amides is 1. The molecular formula is C29H38N4OS. The van der Waals surface area contributed by atoms with E-state index in [9.17, 15) is 4.79 Å². The Hall–Kier alpha value is -2.31. The van der Waals surface area contributed by atoms with Crippen LogP contribution in [0.5, 0.6) is 0 Å². The zero-order valence-electron chi connectivity index (χ0n) is 21.7. The highest BCUT2D eigenvalue weighted by atomic mass is 32.2. The fourth-order valence-corrected chi connectivity index (χ4v) is 6.91. The van der Waals surface area contributed by atoms with Gasteiger partial charge in [0.1, 0.15) is 5.82 Å². The second-order valence-corrected chi connectivity index (χ2v) is 11.9. The molecule has 1 amide bonds. The van der Waals surface area contributed by atoms with Crippen LogP contribution in [0.15, 0.2) is 36.4 Å². The number of aromatic nitrogens is 2. The number of likely N-dealkylation sites (tertiary alicyclic amines) is 1. The summed E-state index contributed by atoms with van der Waals surface area (Å²) < 4.78 is 2.51. The quantitative estimate of drug-likeness (QED) is 0.486. The Morgan fingerprint density at radius 3 is 2.71 bits per heavy atom. The summed E-state index contributed by atoms with van der Waals surface area (Å²) in [4.78, 5) is 19.7. The lowest BCUT2D eigenvalue weighted by Gasteiger charge is -2.40. The summed E-state index contributed by atoms with van der Waals surface area (Å²) in [7, 11) is 0. The number of fused-ring (bicyclic) bond motifs is 2. The molecule has 186 valence electrons. The topological polar surface area (TPSA) is 50.2 Å². The van der Waals surface area contributed by atoms with Crippen molar-refractivity contribution in [3.63, 3.8) is 0 Å². The van der Waals surface area contributed by atoms with Gasteiger partial charge < -0.3 is 14.8 Å². The standard InChI is InChI=1S/C29H38N4OS/c1-18(2)29(34)31-24-8-7-22-13-21(14-23(22)15-24)16-32-11-10-27(28(17-32)35-5)33-20(4)30-25-12-19(3)6-9-26(25)33/h6-9,12,15,18,21,27-28H,10-11,13-14,16-17H2,1-5H3,(H,31,34). The van der Waals surface area contributed by atoms with Crippen molar-refractivity contribution in [2.75, 3.05) is 31.2 Å². The molecule has 0 radical (unpaired) electrons. The lowest BCUT2D eigenvalue weighted by atomic mass is 10.00. The maximum atomic E-state index is 12.1. The van der Waals surface area contributed by atoms with E-state index >= 15 is 0 Å². The SMILES string of the molecule is CSC1CN(CC2Cc3ccc(NC(=O)C(C)C)cc3C2)CCC1n1c(C)nc2cc(C)ccc21. The third-order valence-corrected chi connectivity index (χ3v) is 8.86. The van der Waals surface area contributed by atoms with Crippen LogP contribution < -0.4 is 5.32 Å². The monoisotopic (exact) mass is 490 g/mol. The fraction of sp³-hybridized carbons (Fsp3) is 0.517. The highest BCUT2D eigenvalue weighted by Gasteiger charge is 2.33. The first kappa shape index (κ1) is 24.4. The number of thioether (sulfide) groups is 1.